The van der Waals surface area contributed by atoms with Crippen LogP contribution in [0.5, 0.6) is 11.5 Å². The summed E-state index contributed by atoms with van der Waals surface area (Å²) < 4.78 is 5.65. The van der Waals surface area contributed by atoms with Gasteiger partial charge in [-0.05, 0) is 73.3 Å². The first-order valence-electron chi connectivity index (χ1n) is 13.6. The van der Waals surface area contributed by atoms with Gasteiger partial charge in [-0.3, -0.25) is 29.0 Å². The van der Waals surface area contributed by atoms with Crippen molar-refractivity contribution in [2.24, 2.45) is 29.6 Å². The molecule has 0 aromatic heterocycles. The number of allylic oxidation sites excluding steroid dienone is 2. The molecule has 2 aliphatic carbocycles. The Morgan fingerprint density at radius 2 is 1.42 bits per heavy atom. The van der Waals surface area contributed by atoms with E-state index in [2.05, 4.69) is 0 Å². The summed E-state index contributed by atoms with van der Waals surface area (Å²) in [6.07, 6.45) is 2.71. The lowest BCUT2D eigenvalue weighted by Crippen LogP contribution is -2.47. The third kappa shape index (κ3) is 3.70. The molecule has 0 spiro atoms. The smallest absolute Gasteiger partial charge is 0.234 e. The van der Waals surface area contributed by atoms with Crippen LogP contribution in [0.3, 0.4) is 0 Å². The van der Waals surface area contributed by atoms with Crippen LogP contribution in [0.25, 0.3) is 0 Å². The van der Waals surface area contributed by atoms with E-state index in [1.165, 1.54) is 9.80 Å². The summed E-state index contributed by atoms with van der Waals surface area (Å²) in [5.74, 6) is -4.03. The van der Waals surface area contributed by atoms with Gasteiger partial charge in [0.05, 0.1) is 30.3 Å². The van der Waals surface area contributed by atoms with Crippen molar-refractivity contribution in [3.63, 3.8) is 0 Å². The van der Waals surface area contributed by atoms with Crippen molar-refractivity contribution < 1.29 is 29.0 Å². The molecule has 8 heteroatoms. The molecule has 1 N–H and O–H groups in total. The summed E-state index contributed by atoms with van der Waals surface area (Å²) in [6.45, 7) is 13.3. The maximum absolute atomic E-state index is 13.9. The van der Waals surface area contributed by atoms with Crippen molar-refractivity contribution >= 4 is 23.6 Å². The van der Waals surface area contributed by atoms with Gasteiger partial charge >= 0.3 is 0 Å². The molecule has 0 unspecified atom stereocenters. The minimum absolute atomic E-state index is 0.0543. The van der Waals surface area contributed by atoms with E-state index < -0.39 is 40.7 Å². The van der Waals surface area contributed by atoms with Gasteiger partial charge in [0.25, 0.3) is 0 Å². The van der Waals surface area contributed by atoms with Gasteiger partial charge in [0.2, 0.25) is 23.6 Å². The second-order valence-corrected chi connectivity index (χ2v) is 13.0. The molecule has 1 aromatic carbocycles. The number of likely N-dealkylation sites (tertiary alicyclic amines) is 2. The Labute approximate surface area is 224 Å². The topological polar surface area (TPSA) is 104 Å². The van der Waals surface area contributed by atoms with Crippen LogP contribution in [0.1, 0.15) is 72.8 Å². The van der Waals surface area contributed by atoms with Gasteiger partial charge in [0.15, 0.2) is 11.5 Å². The summed E-state index contributed by atoms with van der Waals surface area (Å²) in [6, 6.07) is 5.23. The molecule has 6 atom stereocenters. The second-order valence-electron chi connectivity index (χ2n) is 13.0. The lowest BCUT2D eigenvalue weighted by molar-refractivity contribution is -0.147. The molecule has 4 amide bonds. The number of phenolic OH excluding ortho intramolecular Hbond substituents is 1. The predicted octanol–water partition coefficient (Wildman–Crippen LogP) is 4.02. The first kappa shape index (κ1) is 26.4. The van der Waals surface area contributed by atoms with Crippen molar-refractivity contribution in [3.8, 4) is 11.5 Å². The zero-order valence-electron chi connectivity index (χ0n) is 23.3. The standard InChI is InChI=1S/C30H38N2O6/c1-8-38-20-11-9-10-16(24(20)33)21-15-12-13-17-22(27(36)31(25(17)34)29(2,3)4)18(15)14-19-23(21)28(37)32(26(19)35)30(5,6)7/h9-12,17-19,21-23,33H,8,13-14H2,1-7H3/t17-,18+,19+,21+,22-,23+/m0/s1. The molecule has 1 saturated carbocycles. The van der Waals surface area contributed by atoms with Gasteiger partial charge < -0.3 is 9.84 Å². The molecule has 5 rings (SSSR count). The van der Waals surface area contributed by atoms with Crippen LogP contribution in [0, 0.1) is 29.6 Å². The molecule has 4 aliphatic rings. The van der Waals surface area contributed by atoms with Gasteiger partial charge in [-0.1, -0.05) is 23.8 Å². The molecule has 0 bridgehead atoms. The molecular weight excluding hydrogens is 484 g/mol. The number of hydrogen-bond donors (Lipinski definition) is 1. The highest BCUT2D eigenvalue weighted by atomic mass is 16.5. The molecule has 38 heavy (non-hydrogen) atoms. The first-order chi connectivity index (χ1) is 17.7. The lowest BCUT2D eigenvalue weighted by atomic mass is 9.57. The van der Waals surface area contributed by atoms with Crippen LogP contribution < -0.4 is 4.74 Å². The number of rotatable bonds is 3. The number of hydrogen-bond acceptors (Lipinski definition) is 6. The average molecular weight is 523 g/mol. The fourth-order valence-electron chi connectivity index (χ4n) is 7.32. The summed E-state index contributed by atoms with van der Waals surface area (Å²) in [5.41, 5.74) is 0.0105. The zero-order valence-corrected chi connectivity index (χ0v) is 23.3. The molecule has 2 aliphatic heterocycles. The van der Waals surface area contributed by atoms with Crippen LogP contribution in [0.15, 0.2) is 29.8 Å². The molecule has 0 radical (unpaired) electrons. The first-order valence-corrected chi connectivity index (χ1v) is 13.6. The minimum Gasteiger partial charge on any atom is -0.504 e. The van der Waals surface area contributed by atoms with Crippen molar-refractivity contribution in [3.05, 3.63) is 35.4 Å². The molecule has 2 heterocycles. The Balaban J connectivity index is 1.68. The van der Waals surface area contributed by atoms with E-state index in [0.717, 1.165) is 5.57 Å². The third-order valence-electron chi connectivity index (χ3n) is 8.66. The largest absolute Gasteiger partial charge is 0.504 e. The lowest BCUT2D eigenvalue weighted by Gasteiger charge is -2.44. The molecular formula is C30H38N2O6. The Kier molecular flexibility index (Phi) is 6.04. The molecule has 3 fully saturated rings. The summed E-state index contributed by atoms with van der Waals surface area (Å²) in [4.78, 5) is 57.7. The van der Waals surface area contributed by atoms with E-state index in [9.17, 15) is 24.3 Å². The van der Waals surface area contributed by atoms with Crippen molar-refractivity contribution in [2.45, 2.75) is 78.3 Å². The quantitative estimate of drug-likeness (QED) is 0.475. The molecule has 8 nitrogen and oxygen atoms in total. The normalized spacial score (nSPS) is 31.3. The number of nitrogens with zero attached hydrogens (tertiary/aromatic N) is 2. The van der Waals surface area contributed by atoms with E-state index >= 15 is 0 Å². The predicted molar refractivity (Wildman–Crippen MR) is 140 cm³/mol. The molecule has 204 valence electrons. The van der Waals surface area contributed by atoms with E-state index in [1.807, 2.05) is 54.5 Å². The fourth-order valence-corrected chi connectivity index (χ4v) is 7.32. The van der Waals surface area contributed by atoms with Crippen molar-refractivity contribution in [1.29, 1.82) is 0 Å². The highest BCUT2D eigenvalue weighted by Crippen LogP contribution is 2.60. The summed E-state index contributed by atoms with van der Waals surface area (Å²) in [5, 5.41) is 11.3. The number of ether oxygens (including phenoxy) is 1. The minimum atomic E-state index is -0.713. The van der Waals surface area contributed by atoms with Gasteiger partial charge in [-0.25, -0.2) is 0 Å². The van der Waals surface area contributed by atoms with E-state index in [4.69, 9.17) is 4.74 Å². The maximum atomic E-state index is 13.9. The number of imide groups is 2. The number of fused-ring (bicyclic) bond motifs is 4. The van der Waals surface area contributed by atoms with Gasteiger partial charge in [-0.15, -0.1) is 0 Å². The van der Waals surface area contributed by atoms with Crippen LogP contribution >= 0.6 is 0 Å². The average Bonchev–Trinajstić information content (AvgIpc) is 3.23. The van der Waals surface area contributed by atoms with Gasteiger partial charge in [0, 0.05) is 22.6 Å². The Morgan fingerprint density at radius 1 is 0.842 bits per heavy atom. The fraction of sp³-hybridized carbons (Fsp3) is 0.600. The third-order valence-corrected chi connectivity index (χ3v) is 8.66. The monoisotopic (exact) mass is 522 g/mol. The Bertz CT molecular complexity index is 1250. The van der Waals surface area contributed by atoms with Gasteiger partial charge in [0.1, 0.15) is 0 Å². The highest BCUT2D eigenvalue weighted by molar-refractivity contribution is 6.08. The van der Waals surface area contributed by atoms with E-state index in [1.54, 1.807) is 18.2 Å². The van der Waals surface area contributed by atoms with Crippen molar-refractivity contribution in [1.82, 2.24) is 9.80 Å². The zero-order chi connectivity index (χ0) is 27.9. The van der Waals surface area contributed by atoms with Crippen LogP contribution in [0.2, 0.25) is 0 Å². The van der Waals surface area contributed by atoms with Crippen LogP contribution in [0.4, 0.5) is 0 Å². The Hall–Kier alpha value is -3.16. The van der Waals surface area contributed by atoms with Crippen LogP contribution in [-0.2, 0) is 19.2 Å². The summed E-state index contributed by atoms with van der Waals surface area (Å²) in [7, 11) is 0. The van der Waals surface area contributed by atoms with E-state index in [-0.39, 0.29) is 35.3 Å². The van der Waals surface area contributed by atoms with Crippen LogP contribution in [-0.4, -0.2) is 56.2 Å². The number of para-hydroxylation sites is 1. The Morgan fingerprint density at radius 3 is 2.00 bits per heavy atom. The molecule has 2 saturated heterocycles. The number of carbonyl (C=O) groups is 4. The highest BCUT2D eigenvalue weighted by Gasteiger charge is 2.63. The number of phenols is 1. The van der Waals surface area contributed by atoms with Gasteiger partial charge in [-0.2, -0.15) is 0 Å². The second kappa shape index (κ2) is 8.68. The molecule has 1 aromatic rings. The SMILES string of the molecule is CCOc1cccc([C@H]2C3=CC[C@@H]4C(=O)N(C(C)(C)C)C(=O)[C@@H]4[C@@H]3C[C@H]3C(=O)N(C(C)(C)C)C(=O)[C@@H]23)c1O. The maximum Gasteiger partial charge on any atom is 0.234 e. The summed E-state index contributed by atoms with van der Waals surface area (Å²) >= 11 is 0. The number of aromatic hydroxyl groups is 1. The van der Waals surface area contributed by atoms with E-state index in [0.29, 0.717) is 30.8 Å². The number of amides is 4. The number of benzene rings is 1. The van der Waals surface area contributed by atoms with Crippen molar-refractivity contribution in [2.75, 3.05) is 6.61 Å². The number of carbonyl (C=O) groups excluding carboxylic acids is 4.